The summed E-state index contributed by atoms with van der Waals surface area (Å²) in [5.74, 6) is 1.03. The lowest BCUT2D eigenvalue weighted by molar-refractivity contribution is -0.158. The number of nitrogens with zero attached hydrogens (tertiary/aromatic N) is 1. The molecular weight excluding hydrogens is 276 g/mol. The number of carbonyl (C=O) groups is 1. The van der Waals surface area contributed by atoms with Crippen LogP contribution < -0.4 is 5.32 Å². The zero-order valence-corrected chi connectivity index (χ0v) is 13.6. The highest BCUT2D eigenvalue weighted by Gasteiger charge is 2.42. The molecule has 5 heteroatoms. The minimum Gasteiger partial charge on any atom is -0.368 e. The van der Waals surface area contributed by atoms with Crippen molar-refractivity contribution in [3.05, 3.63) is 0 Å². The quantitative estimate of drug-likeness (QED) is 0.869. The Hall–Kier alpha value is -0.320. The molecule has 1 unspecified atom stereocenters. The monoisotopic (exact) mass is 304 g/mol. The molecule has 2 fully saturated rings. The van der Waals surface area contributed by atoms with Gasteiger partial charge in [-0.15, -0.1) is 12.4 Å². The van der Waals surface area contributed by atoms with E-state index in [4.69, 9.17) is 4.74 Å². The molecule has 0 spiro atoms. The maximum Gasteiger partial charge on any atom is 0.254 e. The summed E-state index contributed by atoms with van der Waals surface area (Å²) >= 11 is 0. The van der Waals surface area contributed by atoms with Crippen molar-refractivity contribution >= 4 is 18.3 Å². The van der Waals surface area contributed by atoms with Crippen LogP contribution in [-0.4, -0.2) is 49.7 Å². The van der Waals surface area contributed by atoms with Crippen molar-refractivity contribution in [2.24, 2.45) is 5.92 Å². The molecule has 1 atom stereocenters. The summed E-state index contributed by atoms with van der Waals surface area (Å²) in [6, 6.07) is 0. The average molecular weight is 305 g/mol. The van der Waals surface area contributed by atoms with Gasteiger partial charge in [-0.3, -0.25) is 4.79 Å². The number of nitrogens with one attached hydrogen (secondary N) is 1. The van der Waals surface area contributed by atoms with E-state index in [1.165, 1.54) is 12.8 Å². The van der Waals surface area contributed by atoms with Gasteiger partial charge in [-0.25, -0.2) is 0 Å². The van der Waals surface area contributed by atoms with Crippen LogP contribution in [0.1, 0.15) is 45.4 Å². The number of hydrogen-bond acceptors (Lipinski definition) is 3. The number of ether oxygens (including phenoxy) is 1. The summed E-state index contributed by atoms with van der Waals surface area (Å²) in [5, 5.41) is 3.31. The van der Waals surface area contributed by atoms with Crippen molar-refractivity contribution in [3.8, 4) is 0 Å². The van der Waals surface area contributed by atoms with Gasteiger partial charge in [-0.1, -0.05) is 13.3 Å². The fraction of sp³-hybridized carbons (Fsp3) is 0.933. The summed E-state index contributed by atoms with van der Waals surface area (Å²) in [4.78, 5) is 14.9. The molecule has 2 aliphatic rings. The highest BCUT2D eigenvalue weighted by molar-refractivity contribution is 5.85. The van der Waals surface area contributed by atoms with Gasteiger partial charge in [0.15, 0.2) is 0 Å². The Bertz CT molecular complexity index is 306. The van der Waals surface area contributed by atoms with E-state index in [0.29, 0.717) is 0 Å². The van der Waals surface area contributed by atoms with Crippen LogP contribution in [0.5, 0.6) is 0 Å². The number of piperidine rings is 1. The van der Waals surface area contributed by atoms with Crippen molar-refractivity contribution in [1.29, 1.82) is 0 Å². The minimum absolute atomic E-state index is 0. The van der Waals surface area contributed by atoms with Gasteiger partial charge < -0.3 is 15.0 Å². The lowest BCUT2D eigenvalue weighted by Gasteiger charge is -2.38. The van der Waals surface area contributed by atoms with Crippen molar-refractivity contribution in [2.75, 3.05) is 33.3 Å². The number of amides is 1. The third-order valence-corrected chi connectivity index (χ3v) is 4.90. The predicted octanol–water partition coefficient (Wildman–Crippen LogP) is 2.22. The number of methoxy groups -OCH3 is 1. The standard InChI is InChI=1S/C15H28N2O2.ClH/c1-3-13-5-4-11-17(12-6-13)14(18)15(19-2)7-9-16-10-8-15;/h13,16H,3-12H2,1-2H3;1H. The second-order valence-electron chi connectivity index (χ2n) is 5.95. The van der Waals surface area contributed by atoms with Crippen molar-refractivity contribution < 1.29 is 9.53 Å². The second kappa shape index (κ2) is 8.20. The summed E-state index contributed by atoms with van der Waals surface area (Å²) in [7, 11) is 1.69. The molecule has 2 saturated heterocycles. The van der Waals surface area contributed by atoms with E-state index in [0.717, 1.165) is 57.8 Å². The lowest BCUT2D eigenvalue weighted by Crippen LogP contribution is -2.55. The van der Waals surface area contributed by atoms with Crippen LogP contribution in [-0.2, 0) is 9.53 Å². The summed E-state index contributed by atoms with van der Waals surface area (Å²) < 4.78 is 5.66. The van der Waals surface area contributed by atoms with E-state index >= 15 is 0 Å². The van der Waals surface area contributed by atoms with Crippen molar-refractivity contribution in [3.63, 3.8) is 0 Å². The molecule has 0 aromatic heterocycles. The van der Waals surface area contributed by atoms with Crippen LogP contribution in [0.15, 0.2) is 0 Å². The van der Waals surface area contributed by atoms with Gasteiger partial charge in [0.2, 0.25) is 0 Å². The van der Waals surface area contributed by atoms with E-state index in [2.05, 4.69) is 17.1 Å². The highest BCUT2D eigenvalue weighted by atomic mass is 35.5. The van der Waals surface area contributed by atoms with Crippen molar-refractivity contribution in [1.82, 2.24) is 10.2 Å². The van der Waals surface area contributed by atoms with Crippen LogP contribution in [0.2, 0.25) is 0 Å². The first kappa shape index (κ1) is 17.7. The number of halogens is 1. The normalized spacial score (nSPS) is 26.5. The first-order valence-corrected chi connectivity index (χ1v) is 7.77. The molecule has 1 N–H and O–H groups in total. The third kappa shape index (κ3) is 3.86. The lowest BCUT2D eigenvalue weighted by atomic mass is 9.90. The summed E-state index contributed by atoms with van der Waals surface area (Å²) in [6.45, 7) is 5.84. The molecule has 0 aromatic rings. The van der Waals surface area contributed by atoms with E-state index in [9.17, 15) is 4.79 Å². The van der Waals surface area contributed by atoms with E-state index in [-0.39, 0.29) is 18.3 Å². The molecule has 20 heavy (non-hydrogen) atoms. The van der Waals surface area contributed by atoms with Crippen LogP contribution in [0, 0.1) is 5.92 Å². The number of hydrogen-bond donors (Lipinski definition) is 1. The molecule has 2 rings (SSSR count). The van der Waals surface area contributed by atoms with Gasteiger partial charge in [0.1, 0.15) is 5.60 Å². The first-order valence-electron chi connectivity index (χ1n) is 7.77. The van der Waals surface area contributed by atoms with E-state index in [1.807, 2.05) is 0 Å². The Labute approximate surface area is 129 Å². The molecule has 1 amide bonds. The Kier molecular flexibility index (Phi) is 7.27. The molecule has 0 bridgehead atoms. The Morgan fingerprint density at radius 3 is 2.60 bits per heavy atom. The Morgan fingerprint density at radius 2 is 2.00 bits per heavy atom. The number of carbonyl (C=O) groups excluding carboxylic acids is 1. The van der Waals surface area contributed by atoms with Gasteiger partial charge in [-0.05, 0) is 51.1 Å². The van der Waals surface area contributed by atoms with Gasteiger partial charge in [0.25, 0.3) is 5.91 Å². The molecule has 4 nitrogen and oxygen atoms in total. The average Bonchev–Trinajstić information content (AvgIpc) is 2.72. The number of rotatable bonds is 3. The second-order valence-corrected chi connectivity index (χ2v) is 5.95. The highest BCUT2D eigenvalue weighted by Crippen LogP contribution is 2.28. The first-order chi connectivity index (χ1) is 9.22. The molecule has 2 aliphatic heterocycles. The molecule has 2 heterocycles. The predicted molar refractivity (Wildman–Crippen MR) is 83.3 cm³/mol. The smallest absolute Gasteiger partial charge is 0.254 e. The van der Waals surface area contributed by atoms with E-state index < -0.39 is 5.60 Å². The maximum absolute atomic E-state index is 12.8. The Balaban J connectivity index is 0.00000200. The zero-order chi connectivity index (χ0) is 13.7. The Morgan fingerprint density at radius 1 is 1.30 bits per heavy atom. The van der Waals surface area contributed by atoms with Crippen molar-refractivity contribution in [2.45, 2.75) is 51.0 Å². The SMILES string of the molecule is CCC1CCCN(C(=O)C2(OC)CCNCC2)CC1.Cl. The molecule has 0 saturated carbocycles. The molecule has 118 valence electrons. The molecule has 0 radical (unpaired) electrons. The van der Waals surface area contributed by atoms with Gasteiger partial charge in [-0.2, -0.15) is 0 Å². The third-order valence-electron chi connectivity index (χ3n) is 4.90. The topological polar surface area (TPSA) is 41.6 Å². The zero-order valence-electron chi connectivity index (χ0n) is 12.8. The van der Waals surface area contributed by atoms with E-state index in [1.54, 1.807) is 7.11 Å². The van der Waals surface area contributed by atoms with Gasteiger partial charge in [0.05, 0.1) is 0 Å². The minimum atomic E-state index is -0.558. The summed E-state index contributed by atoms with van der Waals surface area (Å²) in [6.07, 6.45) is 6.40. The number of likely N-dealkylation sites (tertiary alicyclic amines) is 1. The van der Waals surface area contributed by atoms with Gasteiger partial charge in [0, 0.05) is 20.2 Å². The van der Waals surface area contributed by atoms with Gasteiger partial charge >= 0.3 is 0 Å². The van der Waals surface area contributed by atoms with Crippen LogP contribution >= 0.6 is 12.4 Å². The molecule has 0 aromatic carbocycles. The molecular formula is C15H29ClN2O2. The summed E-state index contributed by atoms with van der Waals surface area (Å²) in [5.41, 5.74) is -0.558. The van der Waals surface area contributed by atoms with Crippen LogP contribution in [0.4, 0.5) is 0 Å². The fourth-order valence-electron chi connectivity index (χ4n) is 3.40. The van der Waals surface area contributed by atoms with Crippen LogP contribution in [0.3, 0.4) is 0 Å². The maximum atomic E-state index is 12.8. The van der Waals surface area contributed by atoms with Crippen LogP contribution in [0.25, 0.3) is 0 Å². The molecule has 0 aliphatic carbocycles. The largest absolute Gasteiger partial charge is 0.368 e. The fourth-order valence-corrected chi connectivity index (χ4v) is 3.40.